The molecule has 0 aliphatic carbocycles. The molecule has 0 saturated carbocycles. The van der Waals surface area contributed by atoms with Gasteiger partial charge in [-0.05, 0) is 23.8 Å². The van der Waals surface area contributed by atoms with E-state index in [1.165, 1.54) is 18.2 Å². The van der Waals surface area contributed by atoms with Crippen molar-refractivity contribution in [1.82, 2.24) is 0 Å². The average molecular weight is 665 g/mol. The summed E-state index contributed by atoms with van der Waals surface area (Å²) in [6, 6.07) is 7.96. The van der Waals surface area contributed by atoms with E-state index in [4.69, 9.17) is 37.9 Å². The molecule has 0 radical (unpaired) electrons. The summed E-state index contributed by atoms with van der Waals surface area (Å²) in [6.45, 7) is 3.11. The molecule has 1 unspecified atom stereocenters. The average Bonchev–Trinajstić information content (AvgIpc) is 2.98. The van der Waals surface area contributed by atoms with Gasteiger partial charge in [0.2, 0.25) is 12.4 Å². The van der Waals surface area contributed by atoms with Gasteiger partial charge in [-0.1, -0.05) is 6.07 Å². The molecule has 1 fully saturated rings. The number of ether oxygens (including phenoxy) is 8. The van der Waals surface area contributed by atoms with Gasteiger partial charge in [-0.3, -0.25) is 39.4 Å². The summed E-state index contributed by atoms with van der Waals surface area (Å²) >= 11 is 0. The van der Waals surface area contributed by atoms with Crippen LogP contribution in [0.1, 0.15) is 33.3 Å². The van der Waals surface area contributed by atoms with Crippen LogP contribution in [0.3, 0.4) is 0 Å². The number of nitro groups is 2. The summed E-state index contributed by atoms with van der Waals surface area (Å²) in [4.78, 5) is 80.9. The zero-order chi connectivity index (χ0) is 34.8. The maximum Gasteiger partial charge on any atom is 0.514 e. The molecule has 2 aromatic rings. The van der Waals surface area contributed by atoms with Gasteiger partial charge in [0.05, 0.1) is 9.85 Å². The molecule has 2 aromatic carbocycles. The molecule has 47 heavy (non-hydrogen) atoms. The number of carbonyl (C=O) groups is 5. The Hall–Kier alpha value is -5.85. The van der Waals surface area contributed by atoms with Crippen molar-refractivity contribution in [2.24, 2.45) is 0 Å². The fourth-order valence-electron chi connectivity index (χ4n) is 4.21. The minimum atomic E-state index is -1.74. The van der Waals surface area contributed by atoms with Crippen LogP contribution in [0.25, 0.3) is 0 Å². The Morgan fingerprint density at radius 3 is 1.89 bits per heavy atom. The number of hydrogen-bond donors (Lipinski definition) is 0. The second-order valence-corrected chi connectivity index (χ2v) is 9.64. The number of nitro benzene ring substituents is 2. The largest absolute Gasteiger partial charge is 0.514 e. The van der Waals surface area contributed by atoms with Gasteiger partial charge in [0.15, 0.2) is 18.0 Å². The Morgan fingerprint density at radius 2 is 1.34 bits per heavy atom. The Labute approximate surface area is 264 Å². The molecule has 0 bridgehead atoms. The first-order chi connectivity index (χ1) is 22.1. The second kappa shape index (κ2) is 15.9. The van der Waals surface area contributed by atoms with Crippen LogP contribution in [0.2, 0.25) is 0 Å². The minimum Gasteiger partial charge on any atom is -0.463 e. The number of hydrogen-bond acceptors (Lipinski definition) is 17. The van der Waals surface area contributed by atoms with Crippen LogP contribution in [0.15, 0.2) is 42.5 Å². The second-order valence-electron chi connectivity index (χ2n) is 9.64. The van der Waals surface area contributed by atoms with Crippen molar-refractivity contribution in [3.05, 3.63) is 68.3 Å². The molecule has 0 amide bonds. The van der Waals surface area contributed by atoms with Crippen LogP contribution >= 0.6 is 0 Å². The lowest BCUT2D eigenvalue weighted by Gasteiger charge is -2.43. The molecule has 0 spiro atoms. The topological polar surface area (TPSA) is 245 Å². The first-order valence-corrected chi connectivity index (χ1v) is 13.5. The van der Waals surface area contributed by atoms with Crippen molar-refractivity contribution in [3.8, 4) is 11.5 Å². The molecule has 19 nitrogen and oxygen atoms in total. The Morgan fingerprint density at radius 1 is 0.745 bits per heavy atom. The standard InChI is InChI=1S/C28H28N2O17/c1-14(31)40-13-23-24(42-15(2)32)25(43-16(3)33)26(44-17(4)34)27(47-23)46-22-10-5-18(11-21(22)30(38)39)12-41-28(35)45-20-8-6-19(7-9-20)29(36)37/h5-11,23-27H,12-13H2,1-4H3/t23-,24+,25+,26?,27-/m1/s1. The summed E-state index contributed by atoms with van der Waals surface area (Å²) in [5, 5.41) is 22.8. The molecular formula is C28H28N2O17. The van der Waals surface area contributed by atoms with Crippen molar-refractivity contribution in [2.75, 3.05) is 6.61 Å². The Bertz CT molecular complexity index is 1530. The van der Waals surface area contributed by atoms with Gasteiger partial charge in [0, 0.05) is 45.9 Å². The van der Waals surface area contributed by atoms with Crippen LogP contribution in [0.4, 0.5) is 16.2 Å². The van der Waals surface area contributed by atoms with E-state index in [1.54, 1.807) is 0 Å². The maximum atomic E-state index is 12.1. The van der Waals surface area contributed by atoms with E-state index in [0.717, 1.165) is 52.0 Å². The van der Waals surface area contributed by atoms with Crippen molar-refractivity contribution in [3.63, 3.8) is 0 Å². The molecule has 1 saturated heterocycles. The molecule has 19 heteroatoms. The van der Waals surface area contributed by atoms with Crippen LogP contribution in [-0.4, -0.2) is 77.2 Å². The van der Waals surface area contributed by atoms with Crippen LogP contribution < -0.4 is 9.47 Å². The summed E-state index contributed by atoms with van der Waals surface area (Å²) in [5.41, 5.74) is -0.793. The molecule has 3 rings (SSSR count). The molecule has 252 valence electrons. The van der Waals surface area contributed by atoms with Crippen LogP contribution in [-0.2, 0) is 54.2 Å². The number of carbonyl (C=O) groups excluding carboxylic acids is 5. The van der Waals surface area contributed by atoms with Gasteiger partial charge in [0.1, 0.15) is 25.1 Å². The van der Waals surface area contributed by atoms with Crippen LogP contribution in [0.5, 0.6) is 11.5 Å². The molecular weight excluding hydrogens is 636 g/mol. The third-order valence-electron chi connectivity index (χ3n) is 6.02. The molecule has 5 atom stereocenters. The van der Waals surface area contributed by atoms with E-state index >= 15 is 0 Å². The van der Waals surface area contributed by atoms with Crippen molar-refractivity contribution < 1.29 is 71.7 Å². The van der Waals surface area contributed by atoms with Crippen molar-refractivity contribution in [1.29, 1.82) is 0 Å². The van der Waals surface area contributed by atoms with E-state index in [1.807, 2.05) is 0 Å². The quantitative estimate of drug-likeness (QED) is 0.104. The third kappa shape index (κ3) is 10.3. The van der Waals surface area contributed by atoms with Gasteiger partial charge >= 0.3 is 35.7 Å². The first kappa shape index (κ1) is 35.6. The van der Waals surface area contributed by atoms with Crippen molar-refractivity contribution >= 4 is 41.4 Å². The summed E-state index contributed by atoms with van der Waals surface area (Å²) in [7, 11) is 0. The predicted molar refractivity (Wildman–Crippen MR) is 150 cm³/mol. The van der Waals surface area contributed by atoms with E-state index in [-0.39, 0.29) is 17.0 Å². The van der Waals surface area contributed by atoms with Gasteiger partial charge < -0.3 is 37.9 Å². The highest BCUT2D eigenvalue weighted by Gasteiger charge is 2.53. The number of rotatable bonds is 12. The van der Waals surface area contributed by atoms with Gasteiger partial charge in [-0.25, -0.2) is 4.79 Å². The van der Waals surface area contributed by atoms with E-state index in [9.17, 15) is 44.2 Å². The maximum absolute atomic E-state index is 12.1. The van der Waals surface area contributed by atoms with Gasteiger partial charge in [-0.15, -0.1) is 0 Å². The fourth-order valence-corrected chi connectivity index (χ4v) is 4.21. The monoisotopic (exact) mass is 664 g/mol. The Kier molecular flexibility index (Phi) is 12.1. The first-order valence-electron chi connectivity index (χ1n) is 13.5. The number of nitrogens with zero attached hydrogens (tertiary/aromatic N) is 2. The summed E-state index contributed by atoms with van der Waals surface area (Å²) < 4.78 is 42.3. The lowest BCUT2D eigenvalue weighted by atomic mass is 9.98. The summed E-state index contributed by atoms with van der Waals surface area (Å²) in [5.74, 6) is -3.89. The normalized spacial score (nSPS) is 20.1. The molecule has 0 N–H and O–H groups in total. The highest BCUT2D eigenvalue weighted by atomic mass is 16.7. The predicted octanol–water partition coefficient (Wildman–Crippen LogP) is 2.68. The SMILES string of the molecule is CC(=O)OC[C@H]1O[C@@H](Oc2ccc(COC(=O)Oc3ccc([N+](=O)[O-])cc3)cc2[N+](=O)[O-])C(OC(C)=O)[C@@H](OC(C)=O)[C@H]1OC(C)=O. The van der Waals surface area contributed by atoms with Crippen LogP contribution in [0, 0.1) is 20.2 Å². The molecule has 1 heterocycles. The highest BCUT2D eigenvalue weighted by molar-refractivity contribution is 5.69. The number of non-ortho nitro benzene ring substituents is 1. The fraction of sp³-hybridized carbons (Fsp3) is 0.393. The Balaban J connectivity index is 1.86. The van der Waals surface area contributed by atoms with E-state index in [2.05, 4.69) is 0 Å². The summed E-state index contributed by atoms with van der Waals surface area (Å²) in [6.07, 6.45) is -9.01. The zero-order valence-corrected chi connectivity index (χ0v) is 25.2. The van der Waals surface area contributed by atoms with Gasteiger partial charge in [0.25, 0.3) is 5.69 Å². The van der Waals surface area contributed by atoms with Crippen molar-refractivity contribution in [2.45, 2.75) is 65.0 Å². The lowest BCUT2D eigenvalue weighted by Crippen LogP contribution is -2.63. The highest BCUT2D eigenvalue weighted by Crippen LogP contribution is 2.35. The molecule has 0 aromatic heterocycles. The third-order valence-corrected chi connectivity index (χ3v) is 6.02. The molecule has 1 aliphatic rings. The lowest BCUT2D eigenvalue weighted by molar-refractivity contribution is -0.387. The number of esters is 4. The number of benzene rings is 2. The zero-order valence-electron chi connectivity index (χ0n) is 25.2. The smallest absolute Gasteiger partial charge is 0.463 e. The minimum absolute atomic E-state index is 0.0554. The molecule has 1 aliphatic heterocycles. The van der Waals surface area contributed by atoms with E-state index < -0.39 is 95.2 Å². The van der Waals surface area contributed by atoms with Gasteiger partial charge in [-0.2, -0.15) is 0 Å². The van der Waals surface area contributed by atoms with E-state index in [0.29, 0.717) is 0 Å².